The summed E-state index contributed by atoms with van der Waals surface area (Å²) in [7, 11) is 0. The summed E-state index contributed by atoms with van der Waals surface area (Å²) in [6.07, 6.45) is 4.41. The van der Waals surface area contributed by atoms with Crippen LogP contribution in [0.1, 0.15) is 46.0 Å². The third-order valence-corrected chi connectivity index (χ3v) is 8.07. The van der Waals surface area contributed by atoms with E-state index in [2.05, 4.69) is 13.8 Å². The fourth-order valence-corrected chi connectivity index (χ4v) is 7.17. The molecule has 2 saturated heterocycles. The van der Waals surface area contributed by atoms with Crippen LogP contribution < -0.4 is 0 Å². The molecule has 3 saturated carbocycles. The van der Waals surface area contributed by atoms with Gasteiger partial charge in [0.1, 0.15) is 12.2 Å². The van der Waals surface area contributed by atoms with Crippen molar-refractivity contribution in [1.29, 1.82) is 0 Å². The first-order chi connectivity index (χ1) is 9.45. The lowest BCUT2D eigenvalue weighted by molar-refractivity contribution is -0.185. The van der Waals surface area contributed by atoms with Gasteiger partial charge in [0.05, 0.1) is 5.92 Å². The van der Waals surface area contributed by atoms with Gasteiger partial charge in [-0.25, -0.2) is 0 Å². The maximum atomic E-state index is 12.2. The van der Waals surface area contributed by atoms with E-state index < -0.39 is 0 Å². The van der Waals surface area contributed by atoms with Gasteiger partial charge in [-0.3, -0.25) is 9.59 Å². The molecule has 5 rings (SSSR count). The van der Waals surface area contributed by atoms with Crippen LogP contribution in [0.4, 0.5) is 0 Å². The summed E-state index contributed by atoms with van der Waals surface area (Å²) in [4.78, 5) is 24.2. The second-order valence-corrected chi connectivity index (χ2v) is 7.95. The van der Waals surface area contributed by atoms with Crippen molar-refractivity contribution in [2.75, 3.05) is 0 Å². The molecule has 7 atom stereocenters. The van der Waals surface area contributed by atoms with Crippen molar-refractivity contribution in [2.24, 2.45) is 28.1 Å². The molecule has 108 valence electrons. The van der Waals surface area contributed by atoms with Gasteiger partial charge in [-0.2, -0.15) is 0 Å². The van der Waals surface area contributed by atoms with Crippen LogP contribution in [0.5, 0.6) is 0 Å². The van der Waals surface area contributed by atoms with Gasteiger partial charge in [0.15, 0.2) is 0 Å². The van der Waals surface area contributed by atoms with Crippen molar-refractivity contribution in [2.45, 2.75) is 58.2 Å². The highest BCUT2D eigenvalue weighted by molar-refractivity contribution is 5.79. The zero-order valence-electron chi connectivity index (χ0n) is 12.0. The summed E-state index contributed by atoms with van der Waals surface area (Å²) < 4.78 is 11.5. The van der Waals surface area contributed by atoms with Gasteiger partial charge >= 0.3 is 11.9 Å². The Kier molecular flexibility index (Phi) is 1.70. The summed E-state index contributed by atoms with van der Waals surface area (Å²) in [6.45, 7) is 4.54. The van der Waals surface area contributed by atoms with Crippen LogP contribution in [-0.2, 0) is 19.1 Å². The molecule has 0 aromatic rings. The third kappa shape index (κ3) is 0.809. The zero-order chi connectivity index (χ0) is 13.9. The molecule has 4 nitrogen and oxygen atoms in total. The molecule has 4 heteroatoms. The SMILES string of the molecule is C[C@@]12[C@H]3CCC14CC[C@H]1C(=O)O[C@@H]([C@@H]2OC(=O)C3)[C@]14C. The van der Waals surface area contributed by atoms with Crippen LogP contribution in [0.2, 0.25) is 0 Å². The molecule has 0 aromatic heterocycles. The predicted octanol–water partition coefficient (Wildman–Crippen LogP) is 2.06. The zero-order valence-corrected chi connectivity index (χ0v) is 12.0. The maximum absolute atomic E-state index is 12.2. The number of ether oxygens (including phenoxy) is 2. The van der Waals surface area contributed by atoms with E-state index in [9.17, 15) is 9.59 Å². The molecule has 0 N–H and O–H groups in total. The third-order valence-electron chi connectivity index (χ3n) is 8.07. The fraction of sp³-hybridized carbons (Fsp3) is 0.875. The Morgan fingerprint density at radius 3 is 2.50 bits per heavy atom. The normalized spacial score (nSPS) is 62.1. The van der Waals surface area contributed by atoms with Gasteiger partial charge in [-0.15, -0.1) is 0 Å². The Hall–Kier alpha value is -1.06. The quantitative estimate of drug-likeness (QED) is 0.635. The number of hydrogen-bond acceptors (Lipinski definition) is 4. The van der Waals surface area contributed by atoms with E-state index in [1.807, 2.05) is 0 Å². The first kappa shape index (κ1) is 11.6. The van der Waals surface area contributed by atoms with Gasteiger partial charge in [-0.05, 0) is 37.0 Å². The number of hydrogen-bond donors (Lipinski definition) is 0. The number of carbonyl (C=O) groups excluding carboxylic acids is 2. The van der Waals surface area contributed by atoms with E-state index >= 15 is 0 Å². The van der Waals surface area contributed by atoms with Gasteiger partial charge in [0.25, 0.3) is 0 Å². The summed E-state index contributed by atoms with van der Waals surface area (Å²) in [5, 5.41) is 0. The maximum Gasteiger partial charge on any atom is 0.310 e. The Balaban J connectivity index is 1.78. The Labute approximate surface area is 118 Å². The largest absolute Gasteiger partial charge is 0.458 e. The van der Waals surface area contributed by atoms with E-state index in [1.165, 1.54) is 0 Å². The molecule has 5 fully saturated rings. The van der Waals surface area contributed by atoms with Crippen molar-refractivity contribution in [3.05, 3.63) is 0 Å². The minimum absolute atomic E-state index is 0.00970. The smallest absolute Gasteiger partial charge is 0.310 e. The molecule has 2 heterocycles. The molecule has 0 aromatic carbocycles. The van der Waals surface area contributed by atoms with Crippen LogP contribution in [-0.4, -0.2) is 24.1 Å². The van der Waals surface area contributed by atoms with Crippen molar-refractivity contribution in [1.82, 2.24) is 0 Å². The second-order valence-electron chi connectivity index (χ2n) is 7.95. The number of carbonyl (C=O) groups is 2. The van der Waals surface area contributed by atoms with Crippen molar-refractivity contribution >= 4 is 11.9 Å². The van der Waals surface area contributed by atoms with E-state index in [0.29, 0.717) is 12.3 Å². The predicted molar refractivity (Wildman–Crippen MR) is 68.5 cm³/mol. The molecule has 0 radical (unpaired) electrons. The van der Waals surface area contributed by atoms with E-state index in [1.54, 1.807) is 0 Å². The van der Waals surface area contributed by atoms with E-state index in [0.717, 1.165) is 25.7 Å². The van der Waals surface area contributed by atoms with Gasteiger partial charge < -0.3 is 9.47 Å². The summed E-state index contributed by atoms with van der Waals surface area (Å²) in [5.41, 5.74) is 0.0240. The number of fused-ring (bicyclic) bond motifs is 1. The molecule has 0 bridgehead atoms. The molecular formula is C16H20O4. The summed E-state index contributed by atoms with van der Waals surface area (Å²) in [5.74, 6) is 0.278. The molecule has 0 amide bonds. The lowest BCUT2D eigenvalue weighted by atomic mass is 9.57. The minimum atomic E-state index is -0.213. The Bertz CT molecular complexity index is 557. The van der Waals surface area contributed by atoms with Gasteiger partial charge in [0, 0.05) is 17.3 Å². The first-order valence-corrected chi connectivity index (χ1v) is 7.85. The molecule has 1 spiro atoms. The second kappa shape index (κ2) is 2.93. The highest BCUT2D eigenvalue weighted by Gasteiger charge is 2.85. The number of rotatable bonds is 0. The molecule has 5 aliphatic rings. The van der Waals surface area contributed by atoms with E-state index in [-0.39, 0.29) is 46.3 Å². The van der Waals surface area contributed by atoms with Gasteiger partial charge in [0.2, 0.25) is 0 Å². The lowest BCUT2D eigenvalue weighted by Gasteiger charge is -2.48. The minimum Gasteiger partial charge on any atom is -0.458 e. The molecule has 20 heavy (non-hydrogen) atoms. The average molecular weight is 276 g/mol. The Morgan fingerprint density at radius 2 is 1.70 bits per heavy atom. The lowest BCUT2D eigenvalue weighted by Crippen LogP contribution is -2.50. The molecule has 1 unspecified atom stereocenters. The summed E-state index contributed by atoms with van der Waals surface area (Å²) >= 11 is 0. The first-order valence-electron chi connectivity index (χ1n) is 7.85. The molecular weight excluding hydrogens is 256 g/mol. The van der Waals surface area contributed by atoms with Crippen LogP contribution >= 0.6 is 0 Å². The number of esters is 2. The molecule has 3 aliphatic carbocycles. The van der Waals surface area contributed by atoms with Crippen LogP contribution in [0.15, 0.2) is 0 Å². The molecule has 2 aliphatic heterocycles. The van der Waals surface area contributed by atoms with Gasteiger partial charge in [-0.1, -0.05) is 13.8 Å². The van der Waals surface area contributed by atoms with Crippen LogP contribution in [0.3, 0.4) is 0 Å². The average Bonchev–Trinajstić information content (AvgIpc) is 2.99. The van der Waals surface area contributed by atoms with Crippen LogP contribution in [0.25, 0.3) is 0 Å². The van der Waals surface area contributed by atoms with Crippen LogP contribution in [0, 0.1) is 28.1 Å². The summed E-state index contributed by atoms with van der Waals surface area (Å²) in [6, 6.07) is 0. The van der Waals surface area contributed by atoms with Crippen molar-refractivity contribution < 1.29 is 19.1 Å². The monoisotopic (exact) mass is 276 g/mol. The standard InChI is InChI=1S/C16H20O4/c1-14-8-3-5-16(14)6-4-9-13(18)20-12(15(9,16)2)11(14)19-10(17)7-8/h8-9,11-12H,3-7H2,1-2H3/t8-,9-,11-,12-,14-,15-,16?/m0/s1. The Morgan fingerprint density at radius 1 is 1.00 bits per heavy atom. The van der Waals surface area contributed by atoms with Crippen molar-refractivity contribution in [3.8, 4) is 0 Å². The fourth-order valence-electron chi connectivity index (χ4n) is 7.17. The van der Waals surface area contributed by atoms with Crippen molar-refractivity contribution in [3.63, 3.8) is 0 Å². The highest BCUT2D eigenvalue weighted by Crippen LogP contribution is 2.82. The highest BCUT2D eigenvalue weighted by atomic mass is 16.6. The van der Waals surface area contributed by atoms with E-state index in [4.69, 9.17) is 9.47 Å². The topological polar surface area (TPSA) is 52.6 Å².